The van der Waals surface area contributed by atoms with E-state index in [1.807, 2.05) is 64.4 Å². The maximum absolute atomic E-state index is 14.0. The molecule has 2 aromatic rings. The minimum Gasteiger partial charge on any atom is -0.391 e. The zero-order valence-corrected chi connectivity index (χ0v) is 28.4. The summed E-state index contributed by atoms with van der Waals surface area (Å²) in [7, 11) is 0. The molecular formula is C35H52N4O4S. The van der Waals surface area contributed by atoms with Crippen LogP contribution in [0.15, 0.2) is 29.8 Å². The number of aliphatic hydroxyl groups is 1. The summed E-state index contributed by atoms with van der Waals surface area (Å²) in [6.07, 6.45) is 5.49. The van der Waals surface area contributed by atoms with Gasteiger partial charge in [-0.2, -0.15) is 0 Å². The molecule has 0 bridgehead atoms. The number of thiazole rings is 1. The molecule has 1 saturated heterocycles. The predicted octanol–water partition coefficient (Wildman–Crippen LogP) is 6.03. The molecule has 1 aliphatic carbocycles. The molecule has 4 atom stereocenters. The Morgan fingerprint density at radius 3 is 2.20 bits per heavy atom. The lowest BCUT2D eigenvalue weighted by molar-refractivity contribution is -0.145. The molecule has 2 fully saturated rings. The van der Waals surface area contributed by atoms with Crippen LogP contribution in [0.2, 0.25) is 0 Å². The molecule has 1 aliphatic heterocycles. The first kappa shape index (κ1) is 34.1. The smallest absolute Gasteiger partial charge is 0.246 e. The van der Waals surface area contributed by atoms with E-state index in [4.69, 9.17) is 0 Å². The van der Waals surface area contributed by atoms with Gasteiger partial charge in [0.15, 0.2) is 0 Å². The minimum atomic E-state index is -0.809. The van der Waals surface area contributed by atoms with Gasteiger partial charge >= 0.3 is 0 Å². The van der Waals surface area contributed by atoms with Gasteiger partial charge in [0.25, 0.3) is 0 Å². The number of hydrogen-bond acceptors (Lipinski definition) is 6. The van der Waals surface area contributed by atoms with Crippen LogP contribution in [0.5, 0.6) is 0 Å². The number of nitrogens with one attached hydrogen (secondary N) is 2. The molecule has 1 saturated carbocycles. The third-order valence-corrected chi connectivity index (χ3v) is 10.9. The van der Waals surface area contributed by atoms with Crippen LogP contribution in [0.1, 0.15) is 104 Å². The summed E-state index contributed by atoms with van der Waals surface area (Å²) < 4.78 is 0. The molecule has 242 valence electrons. The molecule has 0 unspecified atom stereocenters. The summed E-state index contributed by atoms with van der Waals surface area (Å²) in [5.41, 5.74) is 4.28. The van der Waals surface area contributed by atoms with Crippen LogP contribution < -0.4 is 10.6 Å². The monoisotopic (exact) mass is 624 g/mol. The number of benzene rings is 1. The average molecular weight is 625 g/mol. The number of aliphatic hydroxyl groups excluding tert-OH is 1. The maximum atomic E-state index is 14.0. The van der Waals surface area contributed by atoms with Crippen molar-refractivity contribution in [2.24, 2.45) is 23.2 Å². The van der Waals surface area contributed by atoms with Crippen LogP contribution in [0, 0.1) is 30.1 Å². The van der Waals surface area contributed by atoms with Crippen LogP contribution in [-0.2, 0) is 14.4 Å². The van der Waals surface area contributed by atoms with E-state index in [-0.39, 0.29) is 42.6 Å². The van der Waals surface area contributed by atoms with E-state index in [9.17, 15) is 19.5 Å². The van der Waals surface area contributed by atoms with Gasteiger partial charge in [-0.3, -0.25) is 14.4 Å². The molecule has 0 spiro atoms. The first-order valence-electron chi connectivity index (χ1n) is 16.4. The summed E-state index contributed by atoms with van der Waals surface area (Å²) in [6.45, 7) is 14.3. The minimum absolute atomic E-state index is 0.0666. The Labute approximate surface area is 267 Å². The molecule has 2 aliphatic rings. The number of likely N-dealkylation sites (tertiary alicyclic amines) is 1. The number of aryl methyl sites for hydroxylation is 1. The van der Waals surface area contributed by atoms with Gasteiger partial charge in [-0.15, -0.1) is 11.3 Å². The van der Waals surface area contributed by atoms with Crippen molar-refractivity contribution in [2.75, 3.05) is 6.54 Å². The highest BCUT2D eigenvalue weighted by atomic mass is 32.1. The summed E-state index contributed by atoms with van der Waals surface area (Å²) >= 11 is 1.60. The number of rotatable bonds is 10. The van der Waals surface area contributed by atoms with E-state index in [2.05, 4.69) is 29.5 Å². The normalized spacial score (nSPS) is 23.8. The second kappa shape index (κ2) is 14.5. The van der Waals surface area contributed by atoms with Gasteiger partial charge < -0.3 is 20.6 Å². The van der Waals surface area contributed by atoms with E-state index in [0.717, 1.165) is 47.4 Å². The average Bonchev–Trinajstić information content (AvgIpc) is 3.61. The quantitative estimate of drug-likeness (QED) is 0.299. The summed E-state index contributed by atoms with van der Waals surface area (Å²) in [6, 6.07) is 6.15. The number of hydrogen-bond donors (Lipinski definition) is 3. The molecule has 1 aromatic heterocycles. The van der Waals surface area contributed by atoms with Gasteiger partial charge in [-0.1, -0.05) is 71.7 Å². The third kappa shape index (κ3) is 7.89. The van der Waals surface area contributed by atoms with Crippen molar-refractivity contribution in [1.82, 2.24) is 20.5 Å². The van der Waals surface area contributed by atoms with E-state index < -0.39 is 23.6 Å². The highest BCUT2D eigenvalue weighted by molar-refractivity contribution is 7.13. The number of carbonyl (C=O) groups is 3. The predicted molar refractivity (Wildman–Crippen MR) is 176 cm³/mol. The maximum Gasteiger partial charge on any atom is 0.246 e. The molecule has 0 radical (unpaired) electrons. The molecule has 1 aromatic carbocycles. The van der Waals surface area contributed by atoms with Crippen molar-refractivity contribution in [1.29, 1.82) is 0 Å². The van der Waals surface area contributed by atoms with Gasteiger partial charge in [-0.05, 0) is 67.9 Å². The number of β-amino-alcohol motifs (C(OH)–C–C–N with tert-alkyl or cyclic N) is 1. The van der Waals surface area contributed by atoms with Gasteiger partial charge in [0.05, 0.1) is 28.2 Å². The van der Waals surface area contributed by atoms with Crippen molar-refractivity contribution in [3.8, 4) is 10.4 Å². The summed E-state index contributed by atoms with van der Waals surface area (Å²) in [5, 5.41) is 16.7. The topological polar surface area (TPSA) is 112 Å². The highest BCUT2D eigenvalue weighted by Crippen LogP contribution is 2.37. The highest BCUT2D eigenvalue weighted by Gasteiger charge is 2.45. The first-order valence-corrected chi connectivity index (χ1v) is 17.3. The fourth-order valence-corrected chi connectivity index (χ4v) is 7.90. The van der Waals surface area contributed by atoms with Crippen molar-refractivity contribution in [2.45, 2.75) is 118 Å². The Balaban J connectivity index is 1.41. The van der Waals surface area contributed by atoms with Crippen LogP contribution in [0.4, 0.5) is 0 Å². The second-order valence-electron chi connectivity index (χ2n) is 14.0. The zero-order valence-electron chi connectivity index (χ0n) is 27.6. The Morgan fingerprint density at radius 2 is 1.66 bits per heavy atom. The SMILES string of the molecule is CCC(CC)C1CCC(C(=O)N[C@H](C(=O)N2C[C@H](O)C[C@H]2C(=O)N[C@@H](C)c2ccc(-c3scnc3C)cc2)C(C)(C)C)CC1. The van der Waals surface area contributed by atoms with E-state index in [1.54, 1.807) is 11.3 Å². The molecule has 8 nitrogen and oxygen atoms in total. The van der Waals surface area contributed by atoms with Crippen molar-refractivity contribution in [3.05, 3.63) is 41.0 Å². The Kier molecular flexibility index (Phi) is 11.3. The lowest BCUT2D eigenvalue weighted by Crippen LogP contribution is -2.58. The number of aromatic nitrogens is 1. The van der Waals surface area contributed by atoms with Crippen LogP contribution >= 0.6 is 11.3 Å². The number of amides is 3. The fourth-order valence-electron chi connectivity index (χ4n) is 7.08. The van der Waals surface area contributed by atoms with Gasteiger partial charge in [0, 0.05) is 18.9 Å². The molecule has 3 amide bonds. The van der Waals surface area contributed by atoms with E-state index >= 15 is 0 Å². The fraction of sp³-hybridized carbons (Fsp3) is 0.657. The molecule has 4 rings (SSSR count). The molecule has 44 heavy (non-hydrogen) atoms. The van der Waals surface area contributed by atoms with Crippen LogP contribution in [0.25, 0.3) is 10.4 Å². The Bertz CT molecular complexity index is 1270. The molecule has 3 N–H and O–H groups in total. The second-order valence-corrected chi connectivity index (χ2v) is 14.9. The van der Waals surface area contributed by atoms with Gasteiger partial charge in [0.1, 0.15) is 12.1 Å². The van der Waals surface area contributed by atoms with Crippen molar-refractivity contribution in [3.63, 3.8) is 0 Å². The van der Waals surface area contributed by atoms with Gasteiger partial charge in [0.2, 0.25) is 17.7 Å². The Morgan fingerprint density at radius 1 is 1.02 bits per heavy atom. The molecule has 2 heterocycles. The van der Waals surface area contributed by atoms with Crippen LogP contribution in [-0.4, -0.2) is 57.4 Å². The van der Waals surface area contributed by atoms with Crippen molar-refractivity contribution >= 4 is 29.1 Å². The standard InChI is InChI=1S/C35H52N4O4S/c1-8-23(9-2)25-12-16-27(17-13-25)32(41)38-31(35(5,6)7)34(43)39-19-28(40)18-29(39)33(42)37-21(3)24-10-14-26(15-11-24)30-22(4)36-20-44-30/h10-11,14-15,20-21,23,25,27-29,31,40H,8-9,12-13,16-19H2,1-7H3,(H,37,42)(H,38,41)/t21-,25?,27?,28+,29-,31+/m0/s1. The Hall–Kier alpha value is -2.78. The largest absolute Gasteiger partial charge is 0.391 e. The summed E-state index contributed by atoms with van der Waals surface area (Å²) in [4.78, 5) is 48.0. The lowest BCUT2D eigenvalue weighted by Gasteiger charge is -2.37. The summed E-state index contributed by atoms with van der Waals surface area (Å²) in [5.74, 6) is 0.583. The van der Waals surface area contributed by atoms with Gasteiger partial charge in [-0.25, -0.2) is 4.98 Å². The van der Waals surface area contributed by atoms with E-state index in [1.165, 1.54) is 17.7 Å². The lowest BCUT2D eigenvalue weighted by atomic mass is 9.73. The first-order chi connectivity index (χ1) is 20.8. The zero-order chi connectivity index (χ0) is 32.2. The third-order valence-electron chi connectivity index (χ3n) is 9.90. The van der Waals surface area contributed by atoms with Crippen LogP contribution in [0.3, 0.4) is 0 Å². The van der Waals surface area contributed by atoms with E-state index in [0.29, 0.717) is 11.8 Å². The van der Waals surface area contributed by atoms with Crippen molar-refractivity contribution < 1.29 is 19.5 Å². The number of carbonyl (C=O) groups excluding carboxylic acids is 3. The molecule has 9 heteroatoms. The number of nitrogens with zero attached hydrogens (tertiary/aromatic N) is 2. The molecular weight excluding hydrogens is 572 g/mol.